The van der Waals surface area contributed by atoms with E-state index in [2.05, 4.69) is 24.1 Å². The third-order valence-electron chi connectivity index (χ3n) is 3.66. The van der Waals surface area contributed by atoms with Crippen molar-refractivity contribution < 1.29 is 9.53 Å². The number of morpholine rings is 1. The van der Waals surface area contributed by atoms with Crippen molar-refractivity contribution in [2.45, 2.75) is 26.0 Å². The smallest absolute Gasteiger partial charge is 0.253 e. The van der Waals surface area contributed by atoms with Gasteiger partial charge in [0.15, 0.2) is 0 Å². The molecule has 0 bridgehead atoms. The molecule has 2 aliphatic heterocycles. The fourth-order valence-corrected chi connectivity index (χ4v) is 2.49. The predicted molar refractivity (Wildman–Crippen MR) is 65.9 cm³/mol. The van der Waals surface area contributed by atoms with Gasteiger partial charge < -0.3 is 15.0 Å². The number of hydrogen-bond acceptors (Lipinski definition) is 4. The first kappa shape index (κ1) is 12.8. The summed E-state index contributed by atoms with van der Waals surface area (Å²) in [6.45, 7) is 10.1. The van der Waals surface area contributed by atoms with Crippen LogP contribution in [0.4, 0.5) is 0 Å². The molecule has 5 heteroatoms. The van der Waals surface area contributed by atoms with Gasteiger partial charge in [0.25, 0.3) is 5.91 Å². The normalized spacial score (nSPS) is 31.5. The zero-order valence-corrected chi connectivity index (χ0v) is 10.8. The lowest BCUT2D eigenvalue weighted by molar-refractivity contribution is -0.152. The van der Waals surface area contributed by atoms with Crippen molar-refractivity contribution in [1.29, 1.82) is 0 Å². The summed E-state index contributed by atoms with van der Waals surface area (Å²) in [7, 11) is 0. The van der Waals surface area contributed by atoms with Gasteiger partial charge in [0.2, 0.25) is 0 Å². The van der Waals surface area contributed by atoms with E-state index in [0.717, 1.165) is 39.3 Å². The molecule has 0 spiro atoms. The van der Waals surface area contributed by atoms with Gasteiger partial charge in [-0.3, -0.25) is 9.69 Å². The maximum atomic E-state index is 12.4. The molecular formula is C12H23N3O2. The lowest BCUT2D eigenvalue weighted by atomic mass is 10.1. The summed E-state index contributed by atoms with van der Waals surface area (Å²) in [6, 6.07) is 0.275. The van der Waals surface area contributed by atoms with Crippen LogP contribution in [0.5, 0.6) is 0 Å². The zero-order chi connectivity index (χ0) is 12.3. The molecule has 2 saturated heterocycles. The molecule has 2 rings (SSSR count). The molecule has 2 aliphatic rings. The highest BCUT2D eigenvalue weighted by Crippen LogP contribution is 2.11. The third-order valence-corrected chi connectivity index (χ3v) is 3.66. The molecule has 0 radical (unpaired) electrons. The minimum Gasteiger partial charge on any atom is -0.366 e. The molecule has 0 aromatic carbocycles. The second-order valence-electron chi connectivity index (χ2n) is 4.84. The Morgan fingerprint density at radius 3 is 3.00 bits per heavy atom. The molecule has 0 aromatic rings. The molecule has 0 aromatic heterocycles. The van der Waals surface area contributed by atoms with Gasteiger partial charge >= 0.3 is 0 Å². The Morgan fingerprint density at radius 2 is 2.29 bits per heavy atom. The van der Waals surface area contributed by atoms with Crippen molar-refractivity contribution >= 4 is 5.91 Å². The minimum atomic E-state index is -0.260. The van der Waals surface area contributed by atoms with Crippen LogP contribution in [0.25, 0.3) is 0 Å². The van der Waals surface area contributed by atoms with E-state index in [-0.39, 0.29) is 18.1 Å². The topological polar surface area (TPSA) is 44.8 Å². The number of carbonyl (C=O) groups is 1. The summed E-state index contributed by atoms with van der Waals surface area (Å²) in [5, 5.41) is 3.30. The number of nitrogens with zero attached hydrogens (tertiary/aromatic N) is 2. The number of likely N-dealkylation sites (N-methyl/N-ethyl adjacent to an activating group) is 1. The SMILES string of the molecule is CCN1CCO[C@@H](C(=O)N2CCNC[C@@H]2C)C1. The van der Waals surface area contributed by atoms with Gasteiger partial charge in [-0.1, -0.05) is 6.92 Å². The quantitative estimate of drug-likeness (QED) is 0.710. The Hall–Kier alpha value is -0.650. The highest BCUT2D eigenvalue weighted by molar-refractivity contribution is 5.81. The van der Waals surface area contributed by atoms with Crippen molar-refractivity contribution in [1.82, 2.24) is 15.1 Å². The zero-order valence-electron chi connectivity index (χ0n) is 10.8. The Kier molecular flexibility index (Phi) is 4.36. The van der Waals surface area contributed by atoms with Crippen LogP contribution < -0.4 is 5.32 Å². The molecule has 2 fully saturated rings. The second-order valence-corrected chi connectivity index (χ2v) is 4.84. The van der Waals surface area contributed by atoms with E-state index in [1.807, 2.05) is 4.90 Å². The van der Waals surface area contributed by atoms with Crippen LogP contribution in [-0.4, -0.2) is 73.7 Å². The van der Waals surface area contributed by atoms with Gasteiger partial charge in [0.05, 0.1) is 6.61 Å². The minimum absolute atomic E-state index is 0.164. The van der Waals surface area contributed by atoms with Crippen molar-refractivity contribution in [2.75, 3.05) is 45.9 Å². The molecule has 0 saturated carbocycles. The average molecular weight is 241 g/mol. The first-order chi connectivity index (χ1) is 8.22. The Morgan fingerprint density at radius 1 is 1.47 bits per heavy atom. The number of amides is 1. The molecule has 17 heavy (non-hydrogen) atoms. The van der Waals surface area contributed by atoms with E-state index in [4.69, 9.17) is 4.74 Å². The molecule has 98 valence electrons. The molecule has 2 atom stereocenters. The van der Waals surface area contributed by atoms with Crippen molar-refractivity contribution in [3.05, 3.63) is 0 Å². The highest BCUT2D eigenvalue weighted by Gasteiger charge is 2.32. The van der Waals surface area contributed by atoms with E-state index >= 15 is 0 Å². The van der Waals surface area contributed by atoms with Crippen LogP contribution in [0.3, 0.4) is 0 Å². The summed E-state index contributed by atoms with van der Waals surface area (Å²) >= 11 is 0. The van der Waals surface area contributed by atoms with Gasteiger partial charge in [-0.05, 0) is 13.5 Å². The van der Waals surface area contributed by atoms with Crippen LogP contribution in [0.2, 0.25) is 0 Å². The molecular weight excluding hydrogens is 218 g/mol. The standard InChI is InChI=1S/C12H23N3O2/c1-3-14-6-7-17-11(9-14)12(16)15-5-4-13-8-10(15)2/h10-11,13H,3-9H2,1-2H3/t10-,11+/m0/s1. The number of piperazine rings is 1. The first-order valence-corrected chi connectivity index (χ1v) is 6.57. The summed E-state index contributed by atoms with van der Waals surface area (Å²) in [4.78, 5) is 16.6. The van der Waals surface area contributed by atoms with E-state index < -0.39 is 0 Å². The van der Waals surface area contributed by atoms with E-state index in [0.29, 0.717) is 6.61 Å². The monoisotopic (exact) mass is 241 g/mol. The molecule has 1 N–H and O–H groups in total. The van der Waals surface area contributed by atoms with Crippen LogP contribution in [0.15, 0.2) is 0 Å². The number of ether oxygens (including phenoxy) is 1. The van der Waals surface area contributed by atoms with Crippen LogP contribution in [-0.2, 0) is 9.53 Å². The van der Waals surface area contributed by atoms with Crippen molar-refractivity contribution in [2.24, 2.45) is 0 Å². The van der Waals surface area contributed by atoms with Gasteiger partial charge in [-0.15, -0.1) is 0 Å². The summed E-state index contributed by atoms with van der Waals surface area (Å²) in [5.74, 6) is 0.164. The maximum Gasteiger partial charge on any atom is 0.253 e. The Bertz CT molecular complexity index is 272. The number of carbonyl (C=O) groups excluding carboxylic acids is 1. The third kappa shape index (κ3) is 2.97. The van der Waals surface area contributed by atoms with Gasteiger partial charge in [-0.2, -0.15) is 0 Å². The van der Waals surface area contributed by atoms with Crippen LogP contribution in [0, 0.1) is 0 Å². The van der Waals surface area contributed by atoms with Gasteiger partial charge in [-0.25, -0.2) is 0 Å². The van der Waals surface area contributed by atoms with Gasteiger partial charge in [0, 0.05) is 38.8 Å². The molecule has 2 heterocycles. The van der Waals surface area contributed by atoms with Crippen LogP contribution in [0.1, 0.15) is 13.8 Å². The molecule has 0 aliphatic carbocycles. The fraction of sp³-hybridized carbons (Fsp3) is 0.917. The van der Waals surface area contributed by atoms with E-state index in [9.17, 15) is 4.79 Å². The second kappa shape index (κ2) is 5.80. The maximum absolute atomic E-state index is 12.4. The molecule has 1 amide bonds. The van der Waals surface area contributed by atoms with E-state index in [1.165, 1.54) is 0 Å². The number of nitrogens with one attached hydrogen (secondary N) is 1. The lowest BCUT2D eigenvalue weighted by Gasteiger charge is -2.39. The van der Waals surface area contributed by atoms with Crippen molar-refractivity contribution in [3.8, 4) is 0 Å². The van der Waals surface area contributed by atoms with E-state index in [1.54, 1.807) is 0 Å². The fourth-order valence-electron chi connectivity index (χ4n) is 2.49. The Labute approximate surface area is 103 Å². The summed E-state index contributed by atoms with van der Waals surface area (Å²) in [6.07, 6.45) is -0.260. The Balaban J connectivity index is 1.93. The first-order valence-electron chi connectivity index (χ1n) is 6.57. The van der Waals surface area contributed by atoms with Crippen molar-refractivity contribution in [3.63, 3.8) is 0 Å². The molecule has 0 unspecified atom stereocenters. The summed E-state index contributed by atoms with van der Waals surface area (Å²) < 4.78 is 5.62. The summed E-state index contributed by atoms with van der Waals surface area (Å²) in [5.41, 5.74) is 0. The predicted octanol–water partition coefficient (Wildman–Crippen LogP) is -0.473. The van der Waals surface area contributed by atoms with Gasteiger partial charge in [0.1, 0.15) is 6.10 Å². The average Bonchev–Trinajstić information content (AvgIpc) is 2.38. The molecule has 5 nitrogen and oxygen atoms in total. The largest absolute Gasteiger partial charge is 0.366 e. The number of rotatable bonds is 2. The lowest BCUT2D eigenvalue weighted by Crippen LogP contribution is -2.58. The number of hydrogen-bond donors (Lipinski definition) is 1. The highest BCUT2D eigenvalue weighted by atomic mass is 16.5. The van der Waals surface area contributed by atoms with Crippen LogP contribution >= 0.6 is 0 Å².